The second-order valence-corrected chi connectivity index (χ2v) is 3.93. The molecule has 1 aromatic carbocycles. The third-order valence-electron chi connectivity index (χ3n) is 1.92. The average Bonchev–Trinajstić information content (AvgIpc) is 2.66. The number of hydrogen-bond donors (Lipinski definition) is 1. The van der Waals surface area contributed by atoms with Gasteiger partial charge in [0.1, 0.15) is 11.6 Å². The molecule has 78 valence electrons. The van der Waals surface area contributed by atoms with Crippen LogP contribution in [0.15, 0.2) is 24.4 Å². The Morgan fingerprint density at radius 2 is 2.13 bits per heavy atom. The molecule has 5 heteroatoms. The van der Waals surface area contributed by atoms with Gasteiger partial charge in [-0.2, -0.15) is 0 Å². The first-order valence-electron chi connectivity index (χ1n) is 4.29. The molecule has 0 aliphatic heterocycles. The van der Waals surface area contributed by atoms with E-state index in [1.165, 1.54) is 23.5 Å². The van der Waals surface area contributed by atoms with E-state index >= 15 is 0 Å². The largest absolute Gasteiger partial charge is 0.365 e. The summed E-state index contributed by atoms with van der Waals surface area (Å²) in [6, 6.07) is 3.52. The van der Waals surface area contributed by atoms with Gasteiger partial charge in [0.05, 0.1) is 4.88 Å². The summed E-state index contributed by atoms with van der Waals surface area (Å²) in [5, 5.41) is 3.56. The molecule has 0 aliphatic rings. The highest BCUT2D eigenvalue weighted by atomic mass is 32.1. The number of nitrogens with one attached hydrogen (secondary N) is 1. The Bertz CT molecular complexity index is 482. The van der Waals surface area contributed by atoms with Crippen LogP contribution in [0.3, 0.4) is 0 Å². The van der Waals surface area contributed by atoms with Gasteiger partial charge in [0.15, 0.2) is 5.13 Å². The van der Waals surface area contributed by atoms with Crippen LogP contribution in [-0.2, 0) is 0 Å². The SMILES string of the molecule is CNc1ncc(-c2ccc(F)cc2F)s1. The highest BCUT2D eigenvalue weighted by Gasteiger charge is 2.09. The molecular formula is C10H8F2N2S. The summed E-state index contributed by atoms with van der Waals surface area (Å²) in [5.74, 6) is -1.14. The molecule has 0 bridgehead atoms. The summed E-state index contributed by atoms with van der Waals surface area (Å²) >= 11 is 1.32. The number of thiazole rings is 1. The minimum absolute atomic E-state index is 0.371. The molecule has 0 radical (unpaired) electrons. The van der Waals surface area contributed by atoms with Crippen molar-refractivity contribution in [2.24, 2.45) is 0 Å². The minimum Gasteiger partial charge on any atom is -0.365 e. The van der Waals surface area contributed by atoms with Gasteiger partial charge in [0.2, 0.25) is 0 Å². The Balaban J connectivity index is 2.44. The van der Waals surface area contributed by atoms with Crippen molar-refractivity contribution in [2.45, 2.75) is 0 Å². The van der Waals surface area contributed by atoms with E-state index in [1.807, 2.05) is 0 Å². The first-order chi connectivity index (χ1) is 7.20. The zero-order valence-corrected chi connectivity index (χ0v) is 8.74. The van der Waals surface area contributed by atoms with E-state index in [4.69, 9.17) is 0 Å². The van der Waals surface area contributed by atoms with Gasteiger partial charge in [-0.3, -0.25) is 0 Å². The van der Waals surface area contributed by atoms with Crippen molar-refractivity contribution in [1.82, 2.24) is 4.98 Å². The van der Waals surface area contributed by atoms with Crippen molar-refractivity contribution in [1.29, 1.82) is 0 Å². The number of rotatable bonds is 2. The lowest BCUT2D eigenvalue weighted by atomic mass is 10.2. The van der Waals surface area contributed by atoms with Crippen molar-refractivity contribution in [2.75, 3.05) is 12.4 Å². The standard InChI is InChI=1S/C10H8F2N2S/c1-13-10-14-5-9(15-10)7-3-2-6(11)4-8(7)12/h2-5H,1H3,(H,13,14). The lowest BCUT2D eigenvalue weighted by Gasteiger charge is -1.98. The first-order valence-corrected chi connectivity index (χ1v) is 5.11. The Kier molecular flexibility index (Phi) is 2.64. The maximum absolute atomic E-state index is 13.4. The van der Waals surface area contributed by atoms with Gasteiger partial charge in [-0.15, -0.1) is 0 Å². The van der Waals surface area contributed by atoms with E-state index in [9.17, 15) is 8.78 Å². The zero-order chi connectivity index (χ0) is 10.8. The van der Waals surface area contributed by atoms with Crippen molar-refractivity contribution >= 4 is 16.5 Å². The Morgan fingerprint density at radius 3 is 2.73 bits per heavy atom. The second-order valence-electron chi connectivity index (χ2n) is 2.90. The van der Waals surface area contributed by atoms with Crippen LogP contribution in [0.5, 0.6) is 0 Å². The van der Waals surface area contributed by atoms with Crippen LogP contribution in [0.25, 0.3) is 10.4 Å². The number of halogens is 2. The predicted molar refractivity (Wildman–Crippen MR) is 57.0 cm³/mol. The van der Waals surface area contributed by atoms with E-state index in [-0.39, 0.29) is 0 Å². The molecule has 0 spiro atoms. The molecule has 1 heterocycles. The fourth-order valence-corrected chi connectivity index (χ4v) is 2.00. The van der Waals surface area contributed by atoms with Crippen LogP contribution < -0.4 is 5.32 Å². The molecule has 0 aliphatic carbocycles. The van der Waals surface area contributed by atoms with Crippen LogP contribution in [0.4, 0.5) is 13.9 Å². The van der Waals surface area contributed by atoms with Crippen LogP contribution in [0.1, 0.15) is 0 Å². The topological polar surface area (TPSA) is 24.9 Å². The Labute approximate surface area is 89.6 Å². The lowest BCUT2D eigenvalue weighted by molar-refractivity contribution is 0.586. The molecule has 0 fully saturated rings. The molecule has 2 aromatic rings. The van der Waals surface area contributed by atoms with Crippen molar-refractivity contribution in [3.05, 3.63) is 36.0 Å². The summed E-state index contributed by atoms with van der Waals surface area (Å²) in [4.78, 5) is 4.70. The van der Waals surface area contributed by atoms with Crippen molar-refractivity contribution in [3.63, 3.8) is 0 Å². The first kappa shape index (κ1) is 10.0. The predicted octanol–water partition coefficient (Wildman–Crippen LogP) is 3.13. The van der Waals surface area contributed by atoms with E-state index in [2.05, 4.69) is 10.3 Å². The van der Waals surface area contributed by atoms with Gasteiger partial charge >= 0.3 is 0 Å². The van der Waals surface area contributed by atoms with E-state index in [0.717, 1.165) is 6.07 Å². The lowest BCUT2D eigenvalue weighted by Crippen LogP contribution is -1.83. The molecule has 0 saturated carbocycles. The summed E-state index contributed by atoms with van der Waals surface area (Å²) in [6.45, 7) is 0. The zero-order valence-electron chi connectivity index (χ0n) is 7.92. The Hall–Kier alpha value is -1.49. The minimum atomic E-state index is -0.574. The third-order valence-corrected chi connectivity index (χ3v) is 2.96. The third kappa shape index (κ3) is 1.97. The number of nitrogens with zero attached hydrogens (tertiary/aromatic N) is 1. The van der Waals surface area contributed by atoms with E-state index in [1.54, 1.807) is 13.2 Å². The maximum atomic E-state index is 13.4. The molecular weight excluding hydrogens is 218 g/mol. The number of anilines is 1. The molecule has 1 aromatic heterocycles. The maximum Gasteiger partial charge on any atom is 0.182 e. The highest BCUT2D eigenvalue weighted by molar-refractivity contribution is 7.18. The van der Waals surface area contributed by atoms with Crippen LogP contribution in [0.2, 0.25) is 0 Å². The summed E-state index contributed by atoms with van der Waals surface area (Å²) < 4.78 is 26.0. The smallest absolute Gasteiger partial charge is 0.182 e. The number of hydrogen-bond acceptors (Lipinski definition) is 3. The molecule has 2 nitrogen and oxygen atoms in total. The van der Waals surface area contributed by atoms with Crippen molar-refractivity contribution in [3.8, 4) is 10.4 Å². The Morgan fingerprint density at radius 1 is 1.33 bits per heavy atom. The molecule has 1 N–H and O–H groups in total. The number of aromatic nitrogens is 1. The monoisotopic (exact) mass is 226 g/mol. The van der Waals surface area contributed by atoms with Crippen LogP contribution >= 0.6 is 11.3 Å². The van der Waals surface area contributed by atoms with Crippen LogP contribution in [-0.4, -0.2) is 12.0 Å². The molecule has 0 atom stereocenters. The molecule has 0 amide bonds. The quantitative estimate of drug-likeness (QED) is 0.851. The summed E-state index contributed by atoms with van der Waals surface area (Å²) in [5.41, 5.74) is 0.371. The van der Waals surface area contributed by atoms with E-state index < -0.39 is 11.6 Å². The van der Waals surface area contributed by atoms with Crippen molar-refractivity contribution < 1.29 is 8.78 Å². The summed E-state index contributed by atoms with van der Waals surface area (Å²) in [7, 11) is 1.74. The van der Waals surface area contributed by atoms with Gasteiger partial charge < -0.3 is 5.32 Å². The average molecular weight is 226 g/mol. The normalized spacial score (nSPS) is 10.3. The summed E-state index contributed by atoms with van der Waals surface area (Å²) in [6.07, 6.45) is 1.56. The molecule has 15 heavy (non-hydrogen) atoms. The van der Waals surface area contributed by atoms with Gasteiger partial charge in [0.25, 0.3) is 0 Å². The fourth-order valence-electron chi connectivity index (χ4n) is 1.20. The van der Waals surface area contributed by atoms with Gasteiger partial charge in [-0.1, -0.05) is 11.3 Å². The van der Waals surface area contributed by atoms with Gasteiger partial charge in [0, 0.05) is 24.9 Å². The fraction of sp³-hybridized carbons (Fsp3) is 0.100. The molecule has 0 saturated heterocycles. The highest BCUT2D eigenvalue weighted by Crippen LogP contribution is 2.30. The van der Waals surface area contributed by atoms with Gasteiger partial charge in [-0.05, 0) is 12.1 Å². The number of benzene rings is 1. The molecule has 2 rings (SSSR count). The molecule has 0 unspecified atom stereocenters. The van der Waals surface area contributed by atoms with E-state index in [0.29, 0.717) is 15.6 Å². The van der Waals surface area contributed by atoms with Crippen LogP contribution in [0, 0.1) is 11.6 Å². The van der Waals surface area contributed by atoms with Gasteiger partial charge in [-0.25, -0.2) is 13.8 Å². The second kappa shape index (κ2) is 3.94.